The molecule has 96 valence electrons. The predicted octanol–water partition coefficient (Wildman–Crippen LogP) is 2.79. The molecule has 0 aliphatic carbocycles. The van der Waals surface area contributed by atoms with Crippen LogP contribution in [-0.4, -0.2) is 17.5 Å². The molecule has 1 aliphatic rings. The number of fused-ring (bicyclic) bond motifs is 1. The topological polar surface area (TPSA) is 42.4 Å². The van der Waals surface area contributed by atoms with Gasteiger partial charge in [0.2, 0.25) is 0 Å². The standard InChI is InChI=1S/C14H18N2OS/c1-10(15)14(12-3-2-7-17-12)16-6-4-13-11(9-16)5-8-18-13/h2-3,5,7-8,10,14H,4,6,9,15H2,1H3. The fourth-order valence-electron chi connectivity index (χ4n) is 2.74. The van der Waals surface area contributed by atoms with E-state index in [4.69, 9.17) is 10.2 Å². The van der Waals surface area contributed by atoms with Crippen molar-refractivity contribution < 1.29 is 4.42 Å². The summed E-state index contributed by atoms with van der Waals surface area (Å²) in [5.74, 6) is 0.976. The first-order valence-electron chi connectivity index (χ1n) is 6.34. The number of rotatable bonds is 3. The molecule has 1 aliphatic heterocycles. The van der Waals surface area contributed by atoms with Crippen molar-refractivity contribution in [2.24, 2.45) is 5.73 Å². The molecular formula is C14H18N2OS. The molecule has 2 atom stereocenters. The van der Waals surface area contributed by atoms with Gasteiger partial charge in [-0.2, -0.15) is 0 Å². The highest BCUT2D eigenvalue weighted by molar-refractivity contribution is 7.10. The average molecular weight is 262 g/mol. The summed E-state index contributed by atoms with van der Waals surface area (Å²) in [6.45, 7) is 4.09. The molecule has 3 heterocycles. The van der Waals surface area contributed by atoms with Gasteiger partial charge in [0.1, 0.15) is 5.76 Å². The molecule has 0 fully saturated rings. The Balaban J connectivity index is 1.85. The summed E-state index contributed by atoms with van der Waals surface area (Å²) in [4.78, 5) is 3.95. The maximum atomic E-state index is 6.15. The van der Waals surface area contributed by atoms with Crippen molar-refractivity contribution in [3.63, 3.8) is 0 Å². The second-order valence-electron chi connectivity index (χ2n) is 4.91. The zero-order valence-corrected chi connectivity index (χ0v) is 11.3. The molecule has 3 rings (SSSR count). The van der Waals surface area contributed by atoms with E-state index < -0.39 is 0 Å². The molecular weight excluding hydrogens is 244 g/mol. The Morgan fingerprint density at radius 2 is 2.33 bits per heavy atom. The van der Waals surface area contributed by atoms with Crippen LogP contribution in [0.2, 0.25) is 0 Å². The van der Waals surface area contributed by atoms with Gasteiger partial charge in [0.05, 0.1) is 12.3 Å². The summed E-state index contributed by atoms with van der Waals surface area (Å²) < 4.78 is 5.56. The summed E-state index contributed by atoms with van der Waals surface area (Å²) in [5.41, 5.74) is 7.60. The van der Waals surface area contributed by atoms with Gasteiger partial charge < -0.3 is 10.2 Å². The molecule has 0 spiro atoms. The van der Waals surface area contributed by atoms with Gasteiger partial charge in [0.15, 0.2) is 0 Å². The van der Waals surface area contributed by atoms with Crippen LogP contribution in [0.25, 0.3) is 0 Å². The minimum absolute atomic E-state index is 0.0661. The Labute approximate surface area is 111 Å². The lowest BCUT2D eigenvalue weighted by atomic mass is 10.0. The number of nitrogens with two attached hydrogens (primary N) is 1. The van der Waals surface area contributed by atoms with Gasteiger partial charge in [-0.05, 0) is 42.5 Å². The molecule has 0 saturated carbocycles. The van der Waals surface area contributed by atoms with Crippen molar-refractivity contribution in [3.8, 4) is 0 Å². The summed E-state index contributed by atoms with van der Waals surface area (Å²) in [6.07, 6.45) is 2.85. The van der Waals surface area contributed by atoms with Crippen LogP contribution in [0.3, 0.4) is 0 Å². The van der Waals surface area contributed by atoms with Crippen molar-refractivity contribution in [1.29, 1.82) is 0 Å². The molecule has 2 N–H and O–H groups in total. The fourth-order valence-corrected chi connectivity index (χ4v) is 3.63. The Morgan fingerprint density at radius 1 is 1.44 bits per heavy atom. The van der Waals surface area contributed by atoms with Crippen molar-refractivity contribution in [1.82, 2.24) is 4.90 Å². The van der Waals surface area contributed by atoms with Gasteiger partial charge >= 0.3 is 0 Å². The summed E-state index contributed by atoms with van der Waals surface area (Å²) >= 11 is 1.86. The SMILES string of the molecule is CC(N)C(c1ccco1)N1CCc2sccc2C1. The van der Waals surface area contributed by atoms with Crippen LogP contribution < -0.4 is 5.73 Å². The number of furan rings is 1. The quantitative estimate of drug-likeness (QED) is 0.925. The first-order chi connectivity index (χ1) is 8.75. The molecule has 0 saturated heterocycles. The smallest absolute Gasteiger partial charge is 0.122 e. The van der Waals surface area contributed by atoms with E-state index in [2.05, 4.69) is 23.3 Å². The third-order valence-corrected chi connectivity index (χ3v) is 4.59. The van der Waals surface area contributed by atoms with Crippen LogP contribution in [0, 0.1) is 0 Å². The maximum absolute atomic E-state index is 6.15. The second kappa shape index (κ2) is 4.88. The highest BCUT2D eigenvalue weighted by atomic mass is 32.1. The Morgan fingerprint density at radius 3 is 3.06 bits per heavy atom. The molecule has 3 nitrogen and oxygen atoms in total. The summed E-state index contributed by atoms with van der Waals surface area (Å²) in [5, 5.41) is 2.18. The molecule has 18 heavy (non-hydrogen) atoms. The van der Waals surface area contributed by atoms with Crippen molar-refractivity contribution >= 4 is 11.3 Å². The lowest BCUT2D eigenvalue weighted by Crippen LogP contribution is -2.41. The molecule has 0 radical (unpaired) electrons. The van der Waals surface area contributed by atoms with Crippen LogP contribution in [0.5, 0.6) is 0 Å². The van der Waals surface area contributed by atoms with Crippen LogP contribution in [0.4, 0.5) is 0 Å². The molecule has 4 heteroatoms. The minimum Gasteiger partial charge on any atom is -0.468 e. The van der Waals surface area contributed by atoms with Crippen LogP contribution in [0.1, 0.15) is 29.2 Å². The van der Waals surface area contributed by atoms with E-state index in [-0.39, 0.29) is 12.1 Å². The zero-order chi connectivity index (χ0) is 12.5. The van der Waals surface area contributed by atoms with Crippen LogP contribution in [-0.2, 0) is 13.0 Å². The van der Waals surface area contributed by atoms with E-state index in [1.165, 1.54) is 10.4 Å². The fraction of sp³-hybridized carbons (Fsp3) is 0.429. The zero-order valence-electron chi connectivity index (χ0n) is 10.5. The maximum Gasteiger partial charge on any atom is 0.122 e. The van der Waals surface area contributed by atoms with Gasteiger partial charge in [0, 0.05) is 24.0 Å². The highest BCUT2D eigenvalue weighted by Gasteiger charge is 2.29. The van der Waals surface area contributed by atoms with Gasteiger partial charge in [-0.1, -0.05) is 0 Å². The predicted molar refractivity (Wildman–Crippen MR) is 73.5 cm³/mol. The molecule has 0 aromatic carbocycles. The normalized spacial score (nSPS) is 19.4. The highest BCUT2D eigenvalue weighted by Crippen LogP contribution is 2.31. The monoisotopic (exact) mass is 262 g/mol. The lowest BCUT2D eigenvalue weighted by Gasteiger charge is -2.35. The van der Waals surface area contributed by atoms with E-state index in [9.17, 15) is 0 Å². The van der Waals surface area contributed by atoms with Crippen molar-refractivity contribution in [3.05, 3.63) is 46.0 Å². The molecule has 2 unspecified atom stereocenters. The van der Waals surface area contributed by atoms with Gasteiger partial charge in [-0.25, -0.2) is 0 Å². The van der Waals surface area contributed by atoms with Crippen LogP contribution in [0.15, 0.2) is 34.3 Å². The van der Waals surface area contributed by atoms with Gasteiger partial charge in [-0.3, -0.25) is 4.90 Å². The van der Waals surface area contributed by atoms with E-state index >= 15 is 0 Å². The third-order valence-electron chi connectivity index (χ3n) is 3.56. The van der Waals surface area contributed by atoms with Crippen molar-refractivity contribution in [2.45, 2.75) is 32.0 Å². The number of hydrogen-bond acceptors (Lipinski definition) is 4. The largest absolute Gasteiger partial charge is 0.468 e. The Kier molecular flexibility index (Phi) is 3.24. The number of thiophene rings is 1. The van der Waals surface area contributed by atoms with Gasteiger partial charge in [-0.15, -0.1) is 11.3 Å². The van der Waals surface area contributed by atoms with E-state index in [0.29, 0.717) is 0 Å². The first-order valence-corrected chi connectivity index (χ1v) is 7.22. The summed E-state index contributed by atoms with van der Waals surface area (Å²) in [7, 11) is 0. The van der Waals surface area contributed by atoms with E-state index in [1.54, 1.807) is 6.26 Å². The Hall–Kier alpha value is -1.10. The third kappa shape index (κ3) is 2.11. The molecule has 2 aromatic rings. The summed E-state index contributed by atoms with van der Waals surface area (Å²) in [6, 6.07) is 6.43. The molecule has 0 bridgehead atoms. The number of nitrogens with zero attached hydrogens (tertiary/aromatic N) is 1. The first kappa shape index (κ1) is 12.0. The van der Waals surface area contributed by atoms with E-state index in [0.717, 1.165) is 25.3 Å². The van der Waals surface area contributed by atoms with Crippen molar-refractivity contribution in [2.75, 3.05) is 6.54 Å². The second-order valence-corrected chi connectivity index (χ2v) is 5.91. The average Bonchev–Trinajstić information content (AvgIpc) is 2.98. The lowest BCUT2D eigenvalue weighted by molar-refractivity contribution is 0.140. The minimum atomic E-state index is 0.0661. The van der Waals surface area contributed by atoms with Gasteiger partial charge in [0.25, 0.3) is 0 Å². The Bertz CT molecular complexity index is 504. The number of hydrogen-bond donors (Lipinski definition) is 1. The van der Waals surface area contributed by atoms with Crippen LogP contribution >= 0.6 is 11.3 Å². The van der Waals surface area contributed by atoms with E-state index in [1.807, 2.05) is 23.5 Å². The molecule has 0 amide bonds. The molecule has 2 aromatic heterocycles.